The van der Waals surface area contributed by atoms with Gasteiger partial charge in [-0.3, -0.25) is 14.9 Å². The van der Waals surface area contributed by atoms with Crippen molar-refractivity contribution in [2.24, 2.45) is 10.9 Å². The first-order chi connectivity index (χ1) is 17.2. The molecule has 0 aromatic heterocycles. The topological polar surface area (TPSA) is 97.3 Å². The van der Waals surface area contributed by atoms with Gasteiger partial charge in [-0.1, -0.05) is 42.5 Å². The van der Waals surface area contributed by atoms with E-state index in [1.807, 2.05) is 12.1 Å². The number of carbonyl (C=O) groups is 3. The Morgan fingerprint density at radius 2 is 1.94 bits per heavy atom. The van der Waals surface area contributed by atoms with Gasteiger partial charge in [0.15, 0.2) is 0 Å². The Balaban J connectivity index is 1.81. The molecule has 1 aliphatic heterocycles. The third kappa shape index (κ3) is 9.08. The molecule has 178 valence electrons. The van der Waals surface area contributed by atoms with Crippen LogP contribution in [0.1, 0.15) is 61.0 Å². The predicted octanol–water partition coefficient (Wildman–Crippen LogP) is 3.96. The first kappa shape index (κ1) is 20.4. The summed E-state index contributed by atoms with van der Waals surface area (Å²) >= 11 is 0. The summed E-state index contributed by atoms with van der Waals surface area (Å²) in [6.45, 7) is -3.67. The number of guanidine groups is 1. The highest BCUT2D eigenvalue weighted by molar-refractivity contribution is 6.01. The summed E-state index contributed by atoms with van der Waals surface area (Å²) in [5.74, 6) is -1.58. The number of hydrogen-bond acceptors (Lipinski definition) is 5. The van der Waals surface area contributed by atoms with Gasteiger partial charge in [-0.25, -0.2) is 4.79 Å². The number of ether oxygens (including phenoxy) is 2. The fourth-order valence-electron chi connectivity index (χ4n) is 3.50. The summed E-state index contributed by atoms with van der Waals surface area (Å²) in [4.78, 5) is 42.1. The molecule has 1 saturated carbocycles. The van der Waals surface area contributed by atoms with E-state index in [0.717, 1.165) is 25.7 Å². The van der Waals surface area contributed by atoms with E-state index in [0.29, 0.717) is 29.7 Å². The molecular formula is C25H33N3O5. The summed E-state index contributed by atoms with van der Waals surface area (Å²) in [5, 5.41) is 2.40. The average molecular weight is 459 g/mol. The fourth-order valence-corrected chi connectivity index (χ4v) is 3.50. The standard InChI is InChI=1S/C25H33N3O5/c1-28-17-23(30)33-21(20-15-16-20)13-9-4-2-3-5-10-14-22(29)26-24(28)27-25(31)32-18-19-11-7-6-8-12-19/h2-3,6-8,11-12,20-21H,4-5,9-10,13-18H2,1H3,(H,26,27,29,31)/b3-2+/i1D3. The SMILES string of the molecule is [2H]C([2H])([2H])N1CC(=O)OC(C2CC2)CCC/C=C/CCCC(=O)NC1=NC(=O)OCc1ccccc1. The van der Waals surface area contributed by atoms with Crippen molar-refractivity contribution < 1.29 is 28.0 Å². The van der Waals surface area contributed by atoms with Crippen LogP contribution in [0.5, 0.6) is 0 Å². The van der Waals surface area contributed by atoms with Crippen LogP contribution >= 0.6 is 0 Å². The van der Waals surface area contributed by atoms with Crippen LogP contribution in [-0.4, -0.2) is 48.5 Å². The van der Waals surface area contributed by atoms with Gasteiger partial charge in [0, 0.05) is 17.5 Å². The predicted molar refractivity (Wildman–Crippen MR) is 124 cm³/mol. The fraction of sp³-hybridized carbons (Fsp3) is 0.520. The van der Waals surface area contributed by atoms with E-state index in [1.165, 1.54) is 0 Å². The highest BCUT2D eigenvalue weighted by Crippen LogP contribution is 2.36. The van der Waals surface area contributed by atoms with Crippen LogP contribution in [0.15, 0.2) is 47.5 Å². The first-order valence-corrected chi connectivity index (χ1v) is 11.4. The molecule has 1 aromatic carbocycles. The van der Waals surface area contributed by atoms with Crippen molar-refractivity contribution >= 4 is 23.9 Å². The zero-order valence-corrected chi connectivity index (χ0v) is 18.7. The number of likely N-dealkylation sites (N-methyl/N-ethyl adjacent to an activating group) is 1. The molecule has 2 aliphatic rings. The highest BCUT2D eigenvalue weighted by atomic mass is 16.5. The van der Waals surface area contributed by atoms with Crippen LogP contribution in [0.4, 0.5) is 4.79 Å². The summed E-state index contributed by atoms with van der Waals surface area (Å²) in [6, 6.07) is 8.89. The molecular weight excluding hydrogens is 422 g/mol. The van der Waals surface area contributed by atoms with E-state index in [2.05, 4.69) is 16.4 Å². The minimum atomic E-state index is -2.88. The van der Waals surface area contributed by atoms with Crippen LogP contribution in [0.25, 0.3) is 0 Å². The van der Waals surface area contributed by atoms with Crippen LogP contribution in [0.2, 0.25) is 0 Å². The second-order valence-corrected chi connectivity index (χ2v) is 8.27. The lowest BCUT2D eigenvalue weighted by Crippen LogP contribution is -2.45. The Morgan fingerprint density at radius 1 is 1.18 bits per heavy atom. The van der Waals surface area contributed by atoms with E-state index >= 15 is 0 Å². The maximum absolute atomic E-state index is 12.8. The average Bonchev–Trinajstić information content (AvgIpc) is 3.66. The van der Waals surface area contributed by atoms with Crippen molar-refractivity contribution in [2.75, 3.05) is 13.5 Å². The normalized spacial score (nSPS) is 25.2. The highest BCUT2D eigenvalue weighted by Gasteiger charge is 2.34. The molecule has 1 fully saturated rings. The Hall–Kier alpha value is -3.16. The molecule has 8 heteroatoms. The van der Waals surface area contributed by atoms with Crippen LogP contribution in [-0.2, 0) is 25.7 Å². The number of esters is 1. The van der Waals surface area contributed by atoms with E-state index in [4.69, 9.17) is 13.6 Å². The largest absolute Gasteiger partial charge is 0.461 e. The molecule has 0 bridgehead atoms. The summed E-state index contributed by atoms with van der Waals surface area (Å²) in [6.07, 6.45) is 8.29. The third-order valence-corrected chi connectivity index (χ3v) is 5.43. The minimum Gasteiger partial charge on any atom is -0.461 e. The number of carbonyl (C=O) groups excluding carboxylic acids is 3. The van der Waals surface area contributed by atoms with Gasteiger partial charge in [0.25, 0.3) is 0 Å². The molecule has 1 heterocycles. The number of rotatable bonds is 3. The Labute approximate surface area is 199 Å². The van der Waals surface area contributed by atoms with E-state index in [1.54, 1.807) is 24.3 Å². The van der Waals surface area contributed by atoms with Gasteiger partial charge in [0.2, 0.25) is 11.9 Å². The van der Waals surface area contributed by atoms with Crippen molar-refractivity contribution in [2.45, 2.75) is 64.1 Å². The molecule has 1 unspecified atom stereocenters. The number of cyclic esters (lactones) is 1. The maximum Gasteiger partial charge on any atom is 0.437 e. The third-order valence-electron chi connectivity index (χ3n) is 5.43. The smallest absolute Gasteiger partial charge is 0.437 e. The molecule has 1 aromatic rings. The molecule has 1 aliphatic carbocycles. The van der Waals surface area contributed by atoms with Gasteiger partial charge in [-0.05, 0) is 56.4 Å². The minimum absolute atomic E-state index is 0.0877. The van der Waals surface area contributed by atoms with Gasteiger partial charge in [0.05, 0.1) is 0 Å². The van der Waals surface area contributed by atoms with Crippen molar-refractivity contribution in [3.05, 3.63) is 48.0 Å². The number of hydrogen-bond donors (Lipinski definition) is 1. The zero-order chi connectivity index (χ0) is 26.0. The second kappa shape index (κ2) is 12.8. The molecule has 8 nitrogen and oxygen atoms in total. The summed E-state index contributed by atoms with van der Waals surface area (Å²) in [5.41, 5.74) is 0.712. The Kier molecular flexibility index (Phi) is 7.91. The lowest BCUT2D eigenvalue weighted by molar-refractivity contribution is -0.150. The van der Waals surface area contributed by atoms with Gasteiger partial charge in [-0.2, -0.15) is 0 Å². The maximum atomic E-state index is 12.8. The van der Waals surface area contributed by atoms with Crippen LogP contribution in [0, 0.1) is 5.92 Å². The Morgan fingerprint density at radius 3 is 2.67 bits per heavy atom. The van der Waals surface area contributed by atoms with Gasteiger partial charge < -0.3 is 14.4 Å². The summed E-state index contributed by atoms with van der Waals surface area (Å²) in [7, 11) is 0. The molecule has 33 heavy (non-hydrogen) atoms. The number of aliphatic imine (C=N–C) groups is 1. The number of amides is 2. The van der Waals surface area contributed by atoms with E-state index in [-0.39, 0.29) is 25.0 Å². The van der Waals surface area contributed by atoms with Crippen LogP contribution < -0.4 is 5.32 Å². The first-order valence-electron chi connectivity index (χ1n) is 12.9. The molecule has 1 N–H and O–H groups in total. The number of nitrogens with one attached hydrogen (secondary N) is 1. The number of nitrogens with zero attached hydrogens (tertiary/aromatic N) is 2. The molecule has 0 spiro atoms. The second-order valence-electron chi connectivity index (χ2n) is 8.27. The van der Waals surface area contributed by atoms with Crippen LogP contribution in [0.3, 0.4) is 0 Å². The van der Waals surface area contributed by atoms with Crippen molar-refractivity contribution in [1.29, 1.82) is 0 Å². The van der Waals surface area contributed by atoms with E-state index in [9.17, 15) is 14.4 Å². The van der Waals surface area contributed by atoms with Crippen molar-refractivity contribution in [1.82, 2.24) is 10.2 Å². The molecule has 1 atom stereocenters. The summed E-state index contributed by atoms with van der Waals surface area (Å²) < 4.78 is 34.6. The molecule has 2 amide bonds. The molecule has 0 radical (unpaired) electrons. The lowest BCUT2D eigenvalue weighted by atomic mass is 10.1. The van der Waals surface area contributed by atoms with Crippen molar-refractivity contribution in [3.8, 4) is 0 Å². The Bertz CT molecular complexity index is 961. The number of benzene rings is 1. The van der Waals surface area contributed by atoms with Gasteiger partial charge in [-0.15, -0.1) is 4.99 Å². The lowest BCUT2D eigenvalue weighted by Gasteiger charge is -2.23. The molecule has 0 saturated heterocycles. The van der Waals surface area contributed by atoms with Crippen molar-refractivity contribution in [3.63, 3.8) is 0 Å². The monoisotopic (exact) mass is 458 g/mol. The van der Waals surface area contributed by atoms with Gasteiger partial charge >= 0.3 is 12.1 Å². The van der Waals surface area contributed by atoms with E-state index < -0.39 is 37.4 Å². The quantitative estimate of drug-likeness (QED) is 0.544. The number of allylic oxidation sites excluding steroid dienone is 2. The van der Waals surface area contributed by atoms with Gasteiger partial charge in [0.1, 0.15) is 19.3 Å². The zero-order valence-electron chi connectivity index (χ0n) is 21.7. The molecule has 3 rings (SSSR count).